The highest BCUT2D eigenvalue weighted by Gasteiger charge is 2.28. The van der Waals surface area contributed by atoms with Crippen molar-refractivity contribution >= 4 is 39.9 Å². The maximum atomic E-state index is 12.7. The molecular formula is C24H26N4O4S. The molecule has 8 nitrogen and oxygen atoms in total. The van der Waals surface area contributed by atoms with Gasteiger partial charge in [-0.25, -0.2) is 9.97 Å². The molecule has 0 saturated carbocycles. The van der Waals surface area contributed by atoms with Gasteiger partial charge in [-0.2, -0.15) is 0 Å². The van der Waals surface area contributed by atoms with Gasteiger partial charge < -0.3 is 14.4 Å². The van der Waals surface area contributed by atoms with Crippen LogP contribution in [0.1, 0.15) is 25.5 Å². The molecule has 1 amide bonds. The van der Waals surface area contributed by atoms with Crippen molar-refractivity contribution in [3.05, 3.63) is 59.7 Å². The largest absolute Gasteiger partial charge is 0.495 e. The lowest BCUT2D eigenvalue weighted by molar-refractivity contribution is -0.150. The number of nitrogens with zero attached hydrogens (tertiary/aromatic N) is 4. The van der Waals surface area contributed by atoms with Crippen LogP contribution in [0, 0.1) is 5.92 Å². The molecule has 3 aromatic rings. The first-order valence-corrected chi connectivity index (χ1v) is 11.7. The van der Waals surface area contributed by atoms with Gasteiger partial charge in [-0.15, -0.1) is 11.3 Å². The van der Waals surface area contributed by atoms with Crippen molar-refractivity contribution in [1.29, 1.82) is 0 Å². The topological polar surface area (TPSA) is 84.9 Å². The molecule has 4 rings (SSSR count). The molecule has 0 bridgehead atoms. The number of anilines is 3. The van der Waals surface area contributed by atoms with Crippen molar-refractivity contribution in [2.75, 3.05) is 30.0 Å². The first-order chi connectivity index (χ1) is 16.1. The molecule has 0 spiro atoms. The number of esters is 1. The molecular weight excluding hydrogens is 440 g/mol. The zero-order valence-corrected chi connectivity index (χ0v) is 19.5. The van der Waals surface area contributed by atoms with Gasteiger partial charge in [-0.1, -0.05) is 18.2 Å². The van der Waals surface area contributed by atoms with E-state index in [9.17, 15) is 9.59 Å². The summed E-state index contributed by atoms with van der Waals surface area (Å²) in [5, 5.41) is 2.30. The second-order valence-corrected chi connectivity index (χ2v) is 8.57. The van der Waals surface area contributed by atoms with E-state index in [1.54, 1.807) is 30.8 Å². The maximum Gasteiger partial charge on any atom is 0.311 e. The molecule has 0 unspecified atom stereocenters. The first-order valence-electron chi connectivity index (χ1n) is 10.8. The summed E-state index contributed by atoms with van der Waals surface area (Å²) in [5.41, 5.74) is 1.21. The zero-order valence-electron chi connectivity index (χ0n) is 18.6. The molecule has 3 heterocycles. The number of aromatic nitrogens is 2. The average molecular weight is 467 g/mol. The van der Waals surface area contributed by atoms with Crippen LogP contribution in [0.4, 0.5) is 16.6 Å². The van der Waals surface area contributed by atoms with E-state index in [0.717, 1.165) is 25.2 Å². The number of para-hydroxylation sites is 2. The molecule has 0 aliphatic carbocycles. The number of methoxy groups -OCH3 is 1. The van der Waals surface area contributed by atoms with Crippen LogP contribution in [0.3, 0.4) is 0 Å². The van der Waals surface area contributed by atoms with E-state index < -0.39 is 0 Å². The standard InChI is InChI=1S/C24H26N4O4S/c1-17(29)28(20-9-3-4-10-21(20)31-2)24-26-19(16-33-24)15-32-23(30)18-8-7-13-27(14-18)22-11-5-6-12-25-22/h3-6,9-12,16,18H,7-8,13-15H2,1-2H3/t18-/m1/s1. The lowest BCUT2D eigenvalue weighted by atomic mass is 9.98. The Kier molecular flexibility index (Phi) is 7.19. The number of carbonyl (C=O) groups is 2. The highest BCUT2D eigenvalue weighted by atomic mass is 32.1. The lowest BCUT2D eigenvalue weighted by Crippen LogP contribution is -2.39. The van der Waals surface area contributed by atoms with Gasteiger partial charge in [0.05, 0.1) is 24.4 Å². The van der Waals surface area contributed by atoms with Crippen molar-refractivity contribution in [3.63, 3.8) is 0 Å². The van der Waals surface area contributed by atoms with Crippen LogP contribution in [-0.2, 0) is 20.9 Å². The number of thiazole rings is 1. The fourth-order valence-electron chi connectivity index (χ4n) is 3.87. The fraction of sp³-hybridized carbons (Fsp3) is 0.333. The number of ether oxygens (including phenoxy) is 2. The molecule has 1 atom stereocenters. The molecule has 1 aromatic carbocycles. The van der Waals surface area contributed by atoms with Crippen LogP contribution in [-0.4, -0.2) is 42.0 Å². The Bertz CT molecular complexity index is 1100. The van der Waals surface area contributed by atoms with Crippen LogP contribution in [0.2, 0.25) is 0 Å². The summed E-state index contributed by atoms with van der Waals surface area (Å²) in [4.78, 5) is 37.7. The zero-order chi connectivity index (χ0) is 23.2. The molecule has 0 N–H and O–H groups in total. The SMILES string of the molecule is COc1ccccc1N(C(C)=O)c1nc(COC(=O)[C@@H]2CCCN(c3ccccn3)C2)cs1. The Balaban J connectivity index is 1.40. The van der Waals surface area contributed by atoms with Gasteiger partial charge in [0.25, 0.3) is 0 Å². The van der Waals surface area contributed by atoms with E-state index in [1.807, 2.05) is 30.3 Å². The molecule has 0 radical (unpaired) electrons. The molecule has 2 aromatic heterocycles. The van der Waals surface area contributed by atoms with E-state index in [0.29, 0.717) is 28.8 Å². The third-order valence-corrected chi connectivity index (χ3v) is 6.34. The van der Waals surface area contributed by atoms with E-state index in [2.05, 4.69) is 14.9 Å². The molecule has 1 aliphatic heterocycles. The third-order valence-electron chi connectivity index (χ3n) is 5.46. The summed E-state index contributed by atoms with van der Waals surface area (Å²) in [6, 6.07) is 13.0. The lowest BCUT2D eigenvalue weighted by Gasteiger charge is -2.32. The van der Waals surface area contributed by atoms with Gasteiger partial charge in [0.1, 0.15) is 18.2 Å². The third kappa shape index (κ3) is 5.31. The average Bonchev–Trinajstić information content (AvgIpc) is 3.31. The monoisotopic (exact) mass is 466 g/mol. The van der Waals surface area contributed by atoms with E-state index in [1.165, 1.54) is 23.2 Å². The Morgan fingerprint density at radius 1 is 1.21 bits per heavy atom. The summed E-state index contributed by atoms with van der Waals surface area (Å²) in [5.74, 6) is 0.819. The molecule has 9 heteroatoms. The normalized spacial score (nSPS) is 15.7. The van der Waals surface area contributed by atoms with Gasteiger partial charge in [0.15, 0.2) is 5.13 Å². The van der Waals surface area contributed by atoms with Gasteiger partial charge in [0, 0.05) is 31.6 Å². The van der Waals surface area contributed by atoms with Crippen molar-refractivity contribution in [2.24, 2.45) is 5.92 Å². The van der Waals surface area contributed by atoms with Crippen molar-refractivity contribution in [3.8, 4) is 5.75 Å². The van der Waals surface area contributed by atoms with E-state index in [4.69, 9.17) is 9.47 Å². The van der Waals surface area contributed by atoms with Crippen LogP contribution >= 0.6 is 11.3 Å². The number of piperidine rings is 1. The van der Waals surface area contributed by atoms with Crippen LogP contribution in [0.15, 0.2) is 54.0 Å². The number of rotatable bonds is 7. The predicted octanol–water partition coefficient (Wildman–Crippen LogP) is 4.19. The highest BCUT2D eigenvalue weighted by molar-refractivity contribution is 7.14. The number of hydrogen-bond donors (Lipinski definition) is 0. The number of carbonyl (C=O) groups excluding carboxylic acids is 2. The molecule has 1 aliphatic rings. The number of hydrogen-bond acceptors (Lipinski definition) is 8. The Morgan fingerprint density at radius 2 is 2.03 bits per heavy atom. The number of pyridine rings is 1. The van der Waals surface area contributed by atoms with Crippen LogP contribution < -0.4 is 14.5 Å². The van der Waals surface area contributed by atoms with Crippen molar-refractivity contribution in [2.45, 2.75) is 26.4 Å². The van der Waals surface area contributed by atoms with E-state index >= 15 is 0 Å². The molecule has 1 saturated heterocycles. The Morgan fingerprint density at radius 3 is 2.79 bits per heavy atom. The predicted molar refractivity (Wildman–Crippen MR) is 127 cm³/mol. The second kappa shape index (κ2) is 10.4. The quantitative estimate of drug-likeness (QED) is 0.483. The minimum absolute atomic E-state index is 0.0626. The minimum Gasteiger partial charge on any atom is -0.495 e. The molecule has 1 fully saturated rings. The van der Waals surface area contributed by atoms with Gasteiger partial charge in [-0.3, -0.25) is 14.5 Å². The maximum absolute atomic E-state index is 12.7. The van der Waals surface area contributed by atoms with Crippen LogP contribution in [0.5, 0.6) is 5.75 Å². The Labute approximate surface area is 196 Å². The summed E-state index contributed by atoms with van der Waals surface area (Å²) >= 11 is 1.32. The second-order valence-electron chi connectivity index (χ2n) is 7.73. The smallest absolute Gasteiger partial charge is 0.311 e. The van der Waals surface area contributed by atoms with E-state index in [-0.39, 0.29) is 24.4 Å². The van der Waals surface area contributed by atoms with Gasteiger partial charge in [-0.05, 0) is 37.1 Å². The highest BCUT2D eigenvalue weighted by Crippen LogP contribution is 2.35. The molecule has 33 heavy (non-hydrogen) atoms. The fourth-order valence-corrected chi connectivity index (χ4v) is 4.73. The summed E-state index contributed by atoms with van der Waals surface area (Å²) in [6.07, 6.45) is 3.45. The summed E-state index contributed by atoms with van der Waals surface area (Å²) in [7, 11) is 1.56. The van der Waals surface area contributed by atoms with Gasteiger partial charge in [0.2, 0.25) is 5.91 Å². The minimum atomic E-state index is -0.238. The number of amides is 1. The summed E-state index contributed by atoms with van der Waals surface area (Å²) in [6.45, 7) is 3.00. The Hall–Kier alpha value is -3.46. The van der Waals surface area contributed by atoms with Crippen molar-refractivity contribution in [1.82, 2.24) is 9.97 Å². The first kappa shape index (κ1) is 22.7. The van der Waals surface area contributed by atoms with Gasteiger partial charge >= 0.3 is 5.97 Å². The van der Waals surface area contributed by atoms with Crippen LogP contribution in [0.25, 0.3) is 0 Å². The summed E-state index contributed by atoms with van der Waals surface area (Å²) < 4.78 is 11.0. The molecule has 172 valence electrons. The number of benzene rings is 1. The van der Waals surface area contributed by atoms with Crippen molar-refractivity contribution < 1.29 is 19.1 Å².